The molecule has 0 saturated heterocycles. The van der Waals surface area contributed by atoms with E-state index in [1.165, 1.54) is 0 Å². The highest BCUT2D eigenvalue weighted by Gasteiger charge is 2.13. The molecule has 0 saturated carbocycles. The third-order valence-electron chi connectivity index (χ3n) is 2.76. The summed E-state index contributed by atoms with van der Waals surface area (Å²) < 4.78 is 26.6. The van der Waals surface area contributed by atoms with E-state index in [0.29, 0.717) is 17.4 Å². The Morgan fingerprint density at radius 3 is 2.26 bits per heavy atom. The molecule has 1 aromatic rings. The van der Waals surface area contributed by atoms with Gasteiger partial charge < -0.3 is 5.32 Å². The van der Waals surface area contributed by atoms with Gasteiger partial charge in [0.15, 0.2) is 0 Å². The summed E-state index contributed by atoms with van der Waals surface area (Å²) in [6.45, 7) is 7.60. The van der Waals surface area contributed by atoms with Crippen molar-refractivity contribution in [2.75, 3.05) is 18.4 Å². The largest absolute Gasteiger partial charge is 0.385 e. The van der Waals surface area contributed by atoms with Gasteiger partial charge in [0.05, 0.1) is 4.90 Å². The first-order valence-corrected chi connectivity index (χ1v) is 8.27. The Morgan fingerprint density at radius 1 is 1.11 bits per heavy atom. The van der Waals surface area contributed by atoms with Crippen LogP contribution in [-0.4, -0.2) is 21.5 Å². The van der Waals surface area contributed by atoms with E-state index in [4.69, 9.17) is 0 Å². The maximum absolute atomic E-state index is 12.0. The minimum absolute atomic E-state index is 0.318. The van der Waals surface area contributed by atoms with Gasteiger partial charge in [0, 0.05) is 18.8 Å². The molecule has 108 valence electrons. The van der Waals surface area contributed by atoms with Crippen LogP contribution < -0.4 is 10.0 Å². The average Bonchev–Trinajstić information content (AvgIpc) is 2.36. The second-order valence-corrected chi connectivity index (χ2v) is 6.80. The second kappa shape index (κ2) is 7.50. The first-order chi connectivity index (χ1) is 8.95. The highest BCUT2D eigenvalue weighted by atomic mass is 32.2. The number of benzene rings is 1. The number of hydrogen-bond acceptors (Lipinski definition) is 3. The van der Waals surface area contributed by atoms with Crippen molar-refractivity contribution in [2.24, 2.45) is 5.92 Å². The molecule has 0 radical (unpaired) electrons. The number of anilines is 1. The van der Waals surface area contributed by atoms with Gasteiger partial charge in [0.2, 0.25) is 10.0 Å². The molecule has 0 fully saturated rings. The molecule has 0 aliphatic rings. The highest BCUT2D eigenvalue weighted by molar-refractivity contribution is 7.89. The van der Waals surface area contributed by atoms with E-state index in [0.717, 1.165) is 25.1 Å². The van der Waals surface area contributed by atoms with Gasteiger partial charge in [-0.15, -0.1) is 0 Å². The van der Waals surface area contributed by atoms with Crippen molar-refractivity contribution in [2.45, 2.75) is 38.5 Å². The highest BCUT2D eigenvalue weighted by Crippen LogP contribution is 2.14. The van der Waals surface area contributed by atoms with Crippen LogP contribution in [0.5, 0.6) is 0 Å². The fourth-order valence-electron chi connectivity index (χ4n) is 1.59. The van der Waals surface area contributed by atoms with Crippen molar-refractivity contribution < 1.29 is 8.42 Å². The van der Waals surface area contributed by atoms with Crippen LogP contribution in [0.2, 0.25) is 0 Å². The normalized spacial score (nSPS) is 11.8. The lowest BCUT2D eigenvalue weighted by atomic mass is 10.1. The summed E-state index contributed by atoms with van der Waals surface area (Å²) in [5.74, 6) is 0.489. The monoisotopic (exact) mass is 284 g/mol. The van der Waals surface area contributed by atoms with Crippen LogP contribution >= 0.6 is 0 Å². The van der Waals surface area contributed by atoms with Crippen LogP contribution in [0.25, 0.3) is 0 Å². The Bertz CT molecular complexity index is 467. The third-order valence-corrected chi connectivity index (χ3v) is 4.23. The zero-order valence-electron chi connectivity index (χ0n) is 11.9. The van der Waals surface area contributed by atoms with Crippen molar-refractivity contribution in [3.8, 4) is 0 Å². The van der Waals surface area contributed by atoms with Gasteiger partial charge in [-0.1, -0.05) is 20.8 Å². The van der Waals surface area contributed by atoms with E-state index in [1.807, 2.05) is 0 Å². The molecule has 4 nitrogen and oxygen atoms in total. The quantitative estimate of drug-likeness (QED) is 0.771. The first kappa shape index (κ1) is 16.0. The molecule has 0 aromatic heterocycles. The molecule has 0 atom stereocenters. The summed E-state index contributed by atoms with van der Waals surface area (Å²) in [5.41, 5.74) is 0.947. The zero-order chi connectivity index (χ0) is 14.3. The van der Waals surface area contributed by atoms with Crippen LogP contribution in [0, 0.1) is 5.92 Å². The van der Waals surface area contributed by atoms with E-state index in [2.05, 4.69) is 30.8 Å². The fourth-order valence-corrected chi connectivity index (χ4v) is 2.63. The molecule has 0 unspecified atom stereocenters. The minimum Gasteiger partial charge on any atom is -0.385 e. The molecule has 1 aromatic carbocycles. The van der Waals surface area contributed by atoms with E-state index < -0.39 is 10.0 Å². The zero-order valence-corrected chi connectivity index (χ0v) is 12.8. The molecule has 1 rings (SSSR count). The van der Waals surface area contributed by atoms with Crippen molar-refractivity contribution in [3.63, 3.8) is 0 Å². The Balaban J connectivity index is 2.63. The summed E-state index contributed by atoms with van der Waals surface area (Å²) in [4.78, 5) is 0.318. The standard InChI is InChI=1S/C14H24N2O2S/c1-4-10-15-13-5-7-14(8-6-13)19(17,18)16-11-9-12(2)3/h5-8,12,15-16H,4,9-11H2,1-3H3. The Labute approximate surface area is 116 Å². The van der Waals surface area contributed by atoms with Crippen LogP contribution in [-0.2, 0) is 10.0 Å². The summed E-state index contributed by atoms with van der Waals surface area (Å²) in [5, 5.41) is 3.22. The van der Waals surface area contributed by atoms with Crippen molar-refractivity contribution in [1.29, 1.82) is 0 Å². The fraction of sp³-hybridized carbons (Fsp3) is 0.571. The molecule has 2 N–H and O–H groups in total. The van der Waals surface area contributed by atoms with Gasteiger partial charge in [0.25, 0.3) is 0 Å². The Kier molecular flexibility index (Phi) is 6.31. The summed E-state index contributed by atoms with van der Waals surface area (Å²) in [7, 11) is -3.37. The molecule has 0 aliphatic heterocycles. The topological polar surface area (TPSA) is 58.2 Å². The number of hydrogen-bond donors (Lipinski definition) is 2. The predicted molar refractivity (Wildman–Crippen MR) is 79.9 cm³/mol. The van der Waals surface area contributed by atoms with Crippen molar-refractivity contribution in [1.82, 2.24) is 4.72 Å². The van der Waals surface area contributed by atoms with E-state index >= 15 is 0 Å². The lowest BCUT2D eigenvalue weighted by molar-refractivity contribution is 0.551. The molecule has 5 heteroatoms. The SMILES string of the molecule is CCCNc1ccc(S(=O)(=O)NCCC(C)C)cc1. The van der Waals surface area contributed by atoms with Crippen LogP contribution in [0.15, 0.2) is 29.2 Å². The molecular weight excluding hydrogens is 260 g/mol. The summed E-state index contributed by atoms with van der Waals surface area (Å²) >= 11 is 0. The van der Waals surface area contributed by atoms with E-state index in [1.54, 1.807) is 24.3 Å². The maximum atomic E-state index is 12.0. The van der Waals surface area contributed by atoms with Crippen molar-refractivity contribution >= 4 is 15.7 Å². The van der Waals surface area contributed by atoms with Gasteiger partial charge in [-0.05, 0) is 43.0 Å². The van der Waals surface area contributed by atoms with Gasteiger partial charge >= 0.3 is 0 Å². The minimum atomic E-state index is -3.37. The smallest absolute Gasteiger partial charge is 0.240 e. The van der Waals surface area contributed by atoms with Crippen LogP contribution in [0.3, 0.4) is 0 Å². The van der Waals surface area contributed by atoms with Gasteiger partial charge in [0.1, 0.15) is 0 Å². The van der Waals surface area contributed by atoms with Crippen LogP contribution in [0.4, 0.5) is 5.69 Å². The molecule has 19 heavy (non-hydrogen) atoms. The molecule has 0 aliphatic carbocycles. The molecule has 0 heterocycles. The second-order valence-electron chi connectivity index (χ2n) is 5.03. The number of nitrogens with one attached hydrogen (secondary N) is 2. The predicted octanol–water partition coefficient (Wildman–Crippen LogP) is 2.83. The van der Waals surface area contributed by atoms with Gasteiger partial charge in [-0.3, -0.25) is 0 Å². The average molecular weight is 284 g/mol. The summed E-state index contributed by atoms with van der Waals surface area (Å²) in [6.07, 6.45) is 1.88. The van der Waals surface area contributed by atoms with Crippen LogP contribution in [0.1, 0.15) is 33.6 Å². The Hall–Kier alpha value is -1.07. The maximum Gasteiger partial charge on any atom is 0.240 e. The van der Waals surface area contributed by atoms with Gasteiger partial charge in [-0.2, -0.15) is 0 Å². The lowest BCUT2D eigenvalue weighted by Gasteiger charge is -2.09. The summed E-state index contributed by atoms with van der Waals surface area (Å²) in [6, 6.07) is 6.87. The third kappa shape index (κ3) is 5.61. The van der Waals surface area contributed by atoms with Gasteiger partial charge in [-0.25, -0.2) is 13.1 Å². The molecular formula is C14H24N2O2S. The first-order valence-electron chi connectivity index (χ1n) is 6.79. The van der Waals surface area contributed by atoms with E-state index in [9.17, 15) is 8.42 Å². The number of sulfonamides is 1. The van der Waals surface area contributed by atoms with E-state index in [-0.39, 0.29) is 0 Å². The number of rotatable bonds is 8. The lowest BCUT2D eigenvalue weighted by Crippen LogP contribution is -2.25. The van der Waals surface area contributed by atoms with Crippen molar-refractivity contribution in [3.05, 3.63) is 24.3 Å². The Morgan fingerprint density at radius 2 is 1.74 bits per heavy atom. The molecule has 0 spiro atoms. The molecule has 0 amide bonds. The molecule has 0 bridgehead atoms.